The van der Waals surface area contributed by atoms with Crippen LogP contribution < -0.4 is 10.6 Å². The van der Waals surface area contributed by atoms with Crippen molar-refractivity contribution < 1.29 is 9.90 Å². The molecule has 1 heterocycles. The molecule has 1 saturated carbocycles. The lowest BCUT2D eigenvalue weighted by molar-refractivity contribution is 0.0819. The van der Waals surface area contributed by atoms with Crippen molar-refractivity contribution in [3.05, 3.63) is 28.2 Å². The summed E-state index contributed by atoms with van der Waals surface area (Å²) >= 11 is 12.0. The summed E-state index contributed by atoms with van der Waals surface area (Å²) in [5.41, 5.74) is 0.649. The zero-order valence-corrected chi connectivity index (χ0v) is 19.3. The number of aliphatic hydroxyl groups is 1. The number of amides is 2. The Kier molecular flexibility index (Phi) is 9.08. The van der Waals surface area contributed by atoms with Crippen LogP contribution in [0.15, 0.2) is 18.2 Å². The zero-order valence-electron chi connectivity index (χ0n) is 17.7. The van der Waals surface area contributed by atoms with Gasteiger partial charge in [-0.3, -0.25) is 0 Å². The highest BCUT2D eigenvalue weighted by atomic mass is 35.5. The number of carbonyl (C=O) groups excluding carboxylic acids is 1. The molecule has 1 aromatic rings. The predicted octanol–water partition coefficient (Wildman–Crippen LogP) is 4.06. The van der Waals surface area contributed by atoms with Crippen LogP contribution in [-0.2, 0) is 0 Å². The monoisotopic (exact) mass is 456 g/mol. The average molecular weight is 457 g/mol. The van der Waals surface area contributed by atoms with Gasteiger partial charge in [0.2, 0.25) is 0 Å². The average Bonchev–Trinajstić information content (AvgIpc) is 3.20. The molecule has 1 atom stereocenters. The minimum Gasteiger partial charge on any atom is -0.393 e. The quantitative estimate of drug-likeness (QED) is 0.551. The first kappa shape index (κ1) is 23.6. The molecular formula is C22H34Cl2N4O2. The van der Waals surface area contributed by atoms with E-state index in [0.717, 1.165) is 58.3 Å². The van der Waals surface area contributed by atoms with Gasteiger partial charge < -0.3 is 25.5 Å². The van der Waals surface area contributed by atoms with Crippen molar-refractivity contribution in [1.82, 2.24) is 15.1 Å². The van der Waals surface area contributed by atoms with Crippen LogP contribution in [0.3, 0.4) is 0 Å². The van der Waals surface area contributed by atoms with Crippen LogP contribution in [0.5, 0.6) is 0 Å². The molecule has 0 aromatic heterocycles. The maximum absolute atomic E-state index is 12.8. The summed E-state index contributed by atoms with van der Waals surface area (Å²) in [5.74, 6) is 0.617. The Morgan fingerprint density at radius 1 is 1.17 bits per heavy atom. The molecule has 0 radical (unpaired) electrons. The number of urea groups is 1. The fourth-order valence-corrected chi connectivity index (χ4v) is 4.83. The lowest BCUT2D eigenvalue weighted by atomic mass is 9.92. The fraction of sp³-hybridized carbons (Fsp3) is 0.682. The number of hydrogen-bond acceptors (Lipinski definition) is 4. The van der Waals surface area contributed by atoms with E-state index >= 15 is 0 Å². The number of anilines is 1. The first-order valence-electron chi connectivity index (χ1n) is 11.0. The minimum atomic E-state index is -0.111. The van der Waals surface area contributed by atoms with Gasteiger partial charge in [0.05, 0.1) is 16.1 Å². The summed E-state index contributed by atoms with van der Waals surface area (Å²) in [6.45, 7) is 4.37. The molecule has 1 saturated heterocycles. The standard InChI is InChI=1S/C22H34Cl2N4O2/c1-25-10-13-27(22(30)26-17-2-7-20(23)21(24)14-17)11-8-16-9-12-28(15-16)18-3-5-19(29)6-4-18/h2,7,14,16,18-19,25,29H,3-6,8-13,15H2,1H3,(H,26,30). The summed E-state index contributed by atoms with van der Waals surface area (Å²) in [6, 6.07) is 5.64. The van der Waals surface area contributed by atoms with Gasteiger partial charge in [0, 0.05) is 37.9 Å². The van der Waals surface area contributed by atoms with Crippen LogP contribution in [0.4, 0.5) is 10.5 Å². The van der Waals surface area contributed by atoms with Gasteiger partial charge in [-0.2, -0.15) is 0 Å². The van der Waals surface area contributed by atoms with Gasteiger partial charge in [0.15, 0.2) is 0 Å². The topological polar surface area (TPSA) is 67.8 Å². The van der Waals surface area contributed by atoms with Crippen LogP contribution in [0.25, 0.3) is 0 Å². The number of likely N-dealkylation sites (N-methyl/N-ethyl adjacent to an activating group) is 1. The van der Waals surface area contributed by atoms with E-state index in [0.29, 0.717) is 34.2 Å². The third-order valence-corrected chi connectivity index (χ3v) is 7.14. The lowest BCUT2D eigenvalue weighted by Gasteiger charge is -2.33. The van der Waals surface area contributed by atoms with E-state index < -0.39 is 0 Å². The number of halogens is 2. The molecule has 6 nitrogen and oxygen atoms in total. The summed E-state index contributed by atoms with van der Waals surface area (Å²) < 4.78 is 0. The molecule has 8 heteroatoms. The normalized spacial score (nSPS) is 24.7. The zero-order chi connectivity index (χ0) is 21.5. The molecule has 2 aliphatic rings. The number of likely N-dealkylation sites (tertiary alicyclic amines) is 1. The van der Waals surface area contributed by atoms with Gasteiger partial charge in [-0.05, 0) is 76.2 Å². The molecule has 3 rings (SSSR count). The highest BCUT2D eigenvalue weighted by Crippen LogP contribution is 2.29. The molecule has 3 N–H and O–H groups in total. The fourth-order valence-electron chi connectivity index (χ4n) is 4.53. The maximum atomic E-state index is 12.8. The Labute approximate surface area is 189 Å². The summed E-state index contributed by atoms with van der Waals surface area (Å²) in [6.07, 6.45) is 6.16. The molecule has 0 bridgehead atoms. The Morgan fingerprint density at radius 2 is 1.93 bits per heavy atom. The number of carbonyl (C=O) groups is 1. The van der Waals surface area contributed by atoms with Crippen molar-refractivity contribution in [3.63, 3.8) is 0 Å². The van der Waals surface area contributed by atoms with Crippen molar-refractivity contribution in [2.24, 2.45) is 5.92 Å². The van der Waals surface area contributed by atoms with Crippen molar-refractivity contribution >= 4 is 34.9 Å². The molecule has 1 unspecified atom stereocenters. The van der Waals surface area contributed by atoms with E-state index in [-0.39, 0.29) is 12.1 Å². The summed E-state index contributed by atoms with van der Waals surface area (Å²) in [5, 5.41) is 16.7. The van der Waals surface area contributed by atoms with Crippen LogP contribution in [0.1, 0.15) is 38.5 Å². The number of rotatable bonds is 8. The third-order valence-electron chi connectivity index (χ3n) is 6.40. The second-order valence-corrected chi connectivity index (χ2v) is 9.36. The summed E-state index contributed by atoms with van der Waals surface area (Å²) in [4.78, 5) is 17.3. The molecule has 1 aromatic carbocycles. The van der Waals surface area contributed by atoms with Crippen LogP contribution in [-0.4, -0.2) is 72.9 Å². The molecule has 30 heavy (non-hydrogen) atoms. The van der Waals surface area contributed by atoms with Crippen molar-refractivity contribution in [1.29, 1.82) is 0 Å². The largest absolute Gasteiger partial charge is 0.393 e. The minimum absolute atomic E-state index is 0.102. The Balaban J connectivity index is 1.49. The molecule has 1 aliphatic carbocycles. The van der Waals surface area contributed by atoms with E-state index in [1.165, 1.54) is 6.42 Å². The molecule has 2 amide bonds. The van der Waals surface area contributed by atoms with Gasteiger partial charge in [-0.15, -0.1) is 0 Å². The van der Waals surface area contributed by atoms with E-state index in [1.54, 1.807) is 18.2 Å². The summed E-state index contributed by atoms with van der Waals surface area (Å²) in [7, 11) is 1.89. The second-order valence-electron chi connectivity index (χ2n) is 8.55. The Bertz CT molecular complexity index is 698. The number of nitrogens with one attached hydrogen (secondary N) is 2. The van der Waals surface area contributed by atoms with Crippen LogP contribution in [0, 0.1) is 5.92 Å². The van der Waals surface area contributed by atoms with Gasteiger partial charge in [0.1, 0.15) is 0 Å². The number of hydrogen-bond donors (Lipinski definition) is 3. The SMILES string of the molecule is CNCCN(CCC1CCN(C2CCC(O)CC2)C1)C(=O)Nc1ccc(Cl)c(Cl)c1. The smallest absolute Gasteiger partial charge is 0.321 e. The van der Waals surface area contributed by atoms with E-state index in [2.05, 4.69) is 15.5 Å². The van der Waals surface area contributed by atoms with Crippen LogP contribution >= 0.6 is 23.2 Å². The van der Waals surface area contributed by atoms with E-state index in [4.69, 9.17) is 23.2 Å². The van der Waals surface area contributed by atoms with Crippen molar-refractivity contribution in [2.75, 3.05) is 45.1 Å². The first-order chi connectivity index (χ1) is 14.5. The molecular weight excluding hydrogens is 423 g/mol. The molecule has 168 valence electrons. The van der Waals surface area contributed by atoms with E-state index in [9.17, 15) is 9.90 Å². The molecule has 0 spiro atoms. The molecule has 1 aliphatic heterocycles. The lowest BCUT2D eigenvalue weighted by Crippen LogP contribution is -2.40. The van der Waals surface area contributed by atoms with Crippen molar-refractivity contribution in [3.8, 4) is 0 Å². The van der Waals surface area contributed by atoms with Gasteiger partial charge >= 0.3 is 6.03 Å². The van der Waals surface area contributed by atoms with Crippen LogP contribution in [0.2, 0.25) is 10.0 Å². The maximum Gasteiger partial charge on any atom is 0.321 e. The number of benzene rings is 1. The first-order valence-corrected chi connectivity index (χ1v) is 11.8. The van der Waals surface area contributed by atoms with Gasteiger partial charge in [-0.25, -0.2) is 4.79 Å². The van der Waals surface area contributed by atoms with E-state index in [1.807, 2.05) is 11.9 Å². The number of nitrogens with zero attached hydrogens (tertiary/aromatic N) is 2. The Morgan fingerprint density at radius 3 is 2.63 bits per heavy atom. The van der Waals surface area contributed by atoms with Gasteiger partial charge in [-0.1, -0.05) is 23.2 Å². The number of aliphatic hydroxyl groups excluding tert-OH is 1. The Hall–Kier alpha value is -1.05. The predicted molar refractivity (Wildman–Crippen MR) is 124 cm³/mol. The molecule has 2 fully saturated rings. The third kappa shape index (κ3) is 6.72. The second kappa shape index (κ2) is 11.5. The highest BCUT2D eigenvalue weighted by molar-refractivity contribution is 6.42. The van der Waals surface area contributed by atoms with Crippen molar-refractivity contribution in [2.45, 2.75) is 50.7 Å². The highest BCUT2D eigenvalue weighted by Gasteiger charge is 2.31. The van der Waals surface area contributed by atoms with Gasteiger partial charge in [0.25, 0.3) is 0 Å².